The van der Waals surface area contributed by atoms with Crippen molar-refractivity contribution in [3.8, 4) is 5.75 Å². The number of methoxy groups -OCH3 is 1. The molecular weight excluding hydrogens is 267 g/mol. The van der Waals surface area contributed by atoms with Crippen molar-refractivity contribution in [2.45, 2.75) is 13.1 Å². The van der Waals surface area contributed by atoms with Gasteiger partial charge in [-0.2, -0.15) is 0 Å². The number of ether oxygens (including phenoxy) is 1. The SMILES string of the molecule is CNCc1cc(F)cc(N(C)Cc2ccccc2OC)c1. The average Bonchev–Trinajstić information content (AvgIpc) is 2.47. The molecule has 0 aliphatic carbocycles. The van der Waals surface area contributed by atoms with Crippen molar-refractivity contribution in [2.75, 3.05) is 26.1 Å². The average molecular weight is 288 g/mol. The van der Waals surface area contributed by atoms with Gasteiger partial charge in [-0.15, -0.1) is 0 Å². The van der Waals surface area contributed by atoms with Crippen LogP contribution in [0.3, 0.4) is 0 Å². The van der Waals surface area contributed by atoms with Crippen LogP contribution < -0.4 is 15.0 Å². The van der Waals surface area contributed by atoms with Gasteiger partial charge in [-0.3, -0.25) is 0 Å². The minimum Gasteiger partial charge on any atom is -0.496 e. The summed E-state index contributed by atoms with van der Waals surface area (Å²) in [5.74, 6) is 0.626. The Labute approximate surface area is 125 Å². The first-order valence-corrected chi connectivity index (χ1v) is 6.91. The molecule has 4 heteroatoms. The number of hydrogen-bond donors (Lipinski definition) is 1. The standard InChI is InChI=1S/C17H21FN2O/c1-19-11-13-8-15(18)10-16(9-13)20(2)12-14-6-4-5-7-17(14)21-3/h4-10,19H,11-12H2,1-3H3. The summed E-state index contributed by atoms with van der Waals surface area (Å²) in [7, 11) is 5.46. The molecule has 0 aliphatic rings. The van der Waals surface area contributed by atoms with Gasteiger partial charge in [0.25, 0.3) is 0 Å². The monoisotopic (exact) mass is 288 g/mol. The zero-order chi connectivity index (χ0) is 15.2. The number of nitrogens with zero attached hydrogens (tertiary/aromatic N) is 1. The second kappa shape index (κ2) is 7.09. The maximum absolute atomic E-state index is 13.7. The zero-order valence-corrected chi connectivity index (χ0v) is 12.7. The summed E-state index contributed by atoms with van der Waals surface area (Å²) >= 11 is 0. The van der Waals surface area contributed by atoms with E-state index in [-0.39, 0.29) is 5.82 Å². The summed E-state index contributed by atoms with van der Waals surface area (Å²) in [5.41, 5.74) is 2.85. The first kappa shape index (κ1) is 15.3. The van der Waals surface area contributed by atoms with Gasteiger partial charge in [-0.25, -0.2) is 4.39 Å². The first-order valence-electron chi connectivity index (χ1n) is 6.91. The van der Waals surface area contributed by atoms with Crippen molar-refractivity contribution in [3.05, 3.63) is 59.4 Å². The predicted molar refractivity (Wildman–Crippen MR) is 84.3 cm³/mol. The highest BCUT2D eigenvalue weighted by Gasteiger charge is 2.09. The molecule has 0 aromatic heterocycles. The molecule has 2 aromatic rings. The molecule has 1 N–H and O–H groups in total. The van der Waals surface area contributed by atoms with E-state index >= 15 is 0 Å². The molecule has 21 heavy (non-hydrogen) atoms. The summed E-state index contributed by atoms with van der Waals surface area (Å²) in [4.78, 5) is 2.01. The summed E-state index contributed by atoms with van der Waals surface area (Å²) < 4.78 is 19.1. The predicted octanol–water partition coefficient (Wildman–Crippen LogP) is 3.19. The van der Waals surface area contributed by atoms with E-state index in [4.69, 9.17) is 4.74 Å². The van der Waals surface area contributed by atoms with E-state index in [0.717, 1.165) is 22.6 Å². The van der Waals surface area contributed by atoms with Crippen molar-refractivity contribution >= 4 is 5.69 Å². The molecule has 0 spiro atoms. The number of halogens is 1. The third-order valence-corrected chi connectivity index (χ3v) is 3.36. The lowest BCUT2D eigenvalue weighted by Crippen LogP contribution is -2.17. The number of nitrogens with one attached hydrogen (secondary N) is 1. The van der Waals surface area contributed by atoms with Gasteiger partial charge < -0.3 is 15.0 Å². The van der Waals surface area contributed by atoms with Crippen LogP contribution in [0.15, 0.2) is 42.5 Å². The Morgan fingerprint density at radius 2 is 1.95 bits per heavy atom. The molecule has 0 fully saturated rings. The highest BCUT2D eigenvalue weighted by Crippen LogP contribution is 2.23. The van der Waals surface area contributed by atoms with Crippen LogP contribution in [0.5, 0.6) is 5.75 Å². The van der Waals surface area contributed by atoms with Gasteiger partial charge in [-0.1, -0.05) is 18.2 Å². The highest BCUT2D eigenvalue weighted by atomic mass is 19.1. The van der Waals surface area contributed by atoms with Crippen molar-refractivity contribution in [2.24, 2.45) is 0 Å². The lowest BCUT2D eigenvalue weighted by Gasteiger charge is -2.21. The molecular formula is C17H21FN2O. The fourth-order valence-corrected chi connectivity index (χ4v) is 2.34. The molecule has 0 atom stereocenters. The van der Waals surface area contributed by atoms with Crippen molar-refractivity contribution in [1.29, 1.82) is 0 Å². The molecule has 0 unspecified atom stereocenters. The van der Waals surface area contributed by atoms with Crippen LogP contribution in [0, 0.1) is 5.82 Å². The Kier molecular flexibility index (Phi) is 5.17. The summed E-state index contributed by atoms with van der Waals surface area (Å²) in [6.45, 7) is 1.31. The smallest absolute Gasteiger partial charge is 0.125 e. The van der Waals surface area contributed by atoms with Crippen LogP contribution in [0.2, 0.25) is 0 Å². The van der Waals surface area contributed by atoms with E-state index in [9.17, 15) is 4.39 Å². The maximum Gasteiger partial charge on any atom is 0.125 e. The molecule has 3 nitrogen and oxygen atoms in total. The van der Waals surface area contributed by atoms with E-state index in [0.29, 0.717) is 13.1 Å². The van der Waals surface area contributed by atoms with E-state index in [1.54, 1.807) is 19.2 Å². The van der Waals surface area contributed by atoms with E-state index < -0.39 is 0 Å². The number of rotatable bonds is 6. The summed E-state index contributed by atoms with van der Waals surface area (Å²) in [6.07, 6.45) is 0. The maximum atomic E-state index is 13.7. The fourth-order valence-electron chi connectivity index (χ4n) is 2.34. The Hall–Kier alpha value is -2.07. The van der Waals surface area contributed by atoms with Gasteiger partial charge in [0.2, 0.25) is 0 Å². The van der Waals surface area contributed by atoms with Crippen LogP contribution in [0.4, 0.5) is 10.1 Å². The van der Waals surface area contributed by atoms with Gasteiger partial charge in [0.1, 0.15) is 11.6 Å². The lowest BCUT2D eigenvalue weighted by molar-refractivity contribution is 0.409. The Balaban J connectivity index is 2.21. The molecule has 0 aliphatic heterocycles. The molecule has 0 saturated carbocycles. The molecule has 0 heterocycles. The van der Waals surface area contributed by atoms with Crippen LogP contribution in [-0.4, -0.2) is 21.2 Å². The van der Waals surface area contributed by atoms with Crippen molar-refractivity contribution < 1.29 is 9.13 Å². The van der Waals surface area contributed by atoms with Gasteiger partial charge in [0.15, 0.2) is 0 Å². The second-order valence-electron chi connectivity index (χ2n) is 5.02. The lowest BCUT2D eigenvalue weighted by atomic mass is 10.1. The quantitative estimate of drug-likeness (QED) is 0.883. The molecule has 2 aromatic carbocycles. The van der Waals surface area contributed by atoms with Gasteiger partial charge >= 0.3 is 0 Å². The first-order chi connectivity index (χ1) is 10.1. The number of anilines is 1. The molecule has 0 bridgehead atoms. The zero-order valence-electron chi connectivity index (χ0n) is 12.7. The third-order valence-electron chi connectivity index (χ3n) is 3.36. The normalized spacial score (nSPS) is 10.5. The summed E-state index contributed by atoms with van der Waals surface area (Å²) in [5, 5.41) is 3.04. The van der Waals surface area contributed by atoms with Crippen molar-refractivity contribution in [1.82, 2.24) is 5.32 Å². The topological polar surface area (TPSA) is 24.5 Å². The minimum atomic E-state index is -0.218. The molecule has 0 saturated heterocycles. The Morgan fingerprint density at radius 3 is 2.67 bits per heavy atom. The van der Waals surface area contributed by atoms with Crippen LogP contribution in [-0.2, 0) is 13.1 Å². The highest BCUT2D eigenvalue weighted by molar-refractivity contribution is 5.50. The molecule has 2 rings (SSSR count). The third kappa shape index (κ3) is 3.95. The van der Waals surface area contributed by atoms with E-state index in [2.05, 4.69) is 5.32 Å². The molecule has 112 valence electrons. The minimum absolute atomic E-state index is 0.218. The van der Waals surface area contributed by atoms with Crippen LogP contribution in [0.25, 0.3) is 0 Å². The molecule has 0 radical (unpaired) electrons. The van der Waals surface area contributed by atoms with E-state index in [1.165, 1.54) is 0 Å². The number of hydrogen-bond acceptors (Lipinski definition) is 3. The number of benzene rings is 2. The Morgan fingerprint density at radius 1 is 1.19 bits per heavy atom. The Bertz CT molecular complexity index is 601. The van der Waals surface area contributed by atoms with Gasteiger partial charge in [-0.05, 0) is 36.9 Å². The fraction of sp³-hybridized carbons (Fsp3) is 0.294. The van der Waals surface area contributed by atoms with Crippen molar-refractivity contribution in [3.63, 3.8) is 0 Å². The van der Waals surface area contributed by atoms with Gasteiger partial charge in [0.05, 0.1) is 7.11 Å². The van der Waals surface area contributed by atoms with Gasteiger partial charge in [0, 0.05) is 31.4 Å². The number of para-hydroxylation sites is 1. The molecule has 0 amide bonds. The van der Waals surface area contributed by atoms with Crippen LogP contribution >= 0.6 is 0 Å². The largest absolute Gasteiger partial charge is 0.496 e. The van der Waals surface area contributed by atoms with E-state index in [1.807, 2.05) is 49.3 Å². The second-order valence-corrected chi connectivity index (χ2v) is 5.02. The summed E-state index contributed by atoms with van der Waals surface area (Å²) in [6, 6.07) is 13.0. The van der Waals surface area contributed by atoms with Crippen LogP contribution in [0.1, 0.15) is 11.1 Å².